The third-order valence-corrected chi connectivity index (χ3v) is 8.16. The van der Waals surface area contributed by atoms with E-state index in [9.17, 15) is 18.0 Å². The first-order chi connectivity index (χ1) is 19.0. The summed E-state index contributed by atoms with van der Waals surface area (Å²) in [4.78, 5) is 28.7. The molecule has 40 heavy (non-hydrogen) atoms. The number of aryl methyl sites for hydroxylation is 1. The highest BCUT2D eigenvalue weighted by molar-refractivity contribution is 7.92. The van der Waals surface area contributed by atoms with E-state index < -0.39 is 16.1 Å². The average Bonchev–Trinajstić information content (AvgIpc) is 2.91. The summed E-state index contributed by atoms with van der Waals surface area (Å²) in [6.07, 6.45) is 1.67. The standard InChI is InChI=1S/C30H35Cl2N3O4S/c1-4-33-30(37)28(19-23-9-6-5-7-10-23)34(21-24-14-12-22(2)13-15-24)29(36)11-8-18-35(40(3,38)39)27-20-25(31)16-17-26(27)32/h5-7,9-10,12-17,20,28H,4,8,11,18-19,21H2,1-3H3,(H,33,37). The lowest BCUT2D eigenvalue weighted by molar-refractivity contribution is -0.141. The third kappa shape index (κ3) is 8.98. The molecule has 0 spiro atoms. The van der Waals surface area contributed by atoms with Crippen LogP contribution in [0, 0.1) is 6.92 Å². The van der Waals surface area contributed by atoms with Gasteiger partial charge in [0, 0.05) is 37.5 Å². The molecule has 0 aromatic heterocycles. The quantitative estimate of drug-likeness (QED) is 0.274. The number of sulfonamides is 1. The van der Waals surface area contributed by atoms with E-state index in [1.165, 1.54) is 12.1 Å². The number of halogens is 2. The van der Waals surface area contributed by atoms with Crippen LogP contribution in [-0.4, -0.2) is 50.5 Å². The van der Waals surface area contributed by atoms with Gasteiger partial charge in [-0.15, -0.1) is 0 Å². The van der Waals surface area contributed by atoms with Crippen LogP contribution in [0.15, 0.2) is 72.8 Å². The topological polar surface area (TPSA) is 86.8 Å². The Morgan fingerprint density at radius 1 is 0.950 bits per heavy atom. The lowest BCUT2D eigenvalue weighted by atomic mass is 10.0. The first-order valence-corrected chi connectivity index (χ1v) is 15.7. The molecule has 0 aliphatic carbocycles. The van der Waals surface area contributed by atoms with Gasteiger partial charge in [-0.1, -0.05) is 83.4 Å². The second kappa shape index (κ2) is 14.5. The first kappa shape index (κ1) is 31.5. The number of anilines is 1. The maximum Gasteiger partial charge on any atom is 0.243 e. The molecule has 0 saturated heterocycles. The van der Waals surface area contributed by atoms with Crippen LogP contribution in [0.1, 0.15) is 36.5 Å². The fourth-order valence-electron chi connectivity index (χ4n) is 4.40. The molecule has 0 bridgehead atoms. The molecule has 3 rings (SSSR count). The number of hydrogen-bond donors (Lipinski definition) is 1. The smallest absolute Gasteiger partial charge is 0.243 e. The van der Waals surface area contributed by atoms with Gasteiger partial charge in [-0.3, -0.25) is 13.9 Å². The Bertz CT molecular complexity index is 1400. The highest BCUT2D eigenvalue weighted by Crippen LogP contribution is 2.31. The molecule has 0 aliphatic heterocycles. The first-order valence-electron chi connectivity index (χ1n) is 13.1. The van der Waals surface area contributed by atoms with Crippen LogP contribution in [0.2, 0.25) is 10.0 Å². The number of carbonyl (C=O) groups excluding carboxylic acids is 2. The SMILES string of the molecule is CCNC(=O)C(Cc1ccccc1)N(Cc1ccc(C)cc1)C(=O)CCCN(c1cc(Cl)ccc1Cl)S(C)(=O)=O. The molecule has 10 heteroatoms. The third-order valence-electron chi connectivity index (χ3n) is 6.42. The van der Waals surface area contributed by atoms with Crippen molar-refractivity contribution in [2.75, 3.05) is 23.7 Å². The van der Waals surface area contributed by atoms with E-state index >= 15 is 0 Å². The average molecular weight is 605 g/mol. The van der Waals surface area contributed by atoms with Crippen molar-refractivity contribution in [1.82, 2.24) is 10.2 Å². The van der Waals surface area contributed by atoms with Gasteiger partial charge >= 0.3 is 0 Å². The van der Waals surface area contributed by atoms with E-state index in [4.69, 9.17) is 23.2 Å². The molecule has 1 atom stereocenters. The van der Waals surface area contributed by atoms with E-state index in [0.717, 1.165) is 27.3 Å². The van der Waals surface area contributed by atoms with Crippen LogP contribution in [0.3, 0.4) is 0 Å². The summed E-state index contributed by atoms with van der Waals surface area (Å²) >= 11 is 12.4. The zero-order valence-electron chi connectivity index (χ0n) is 22.9. The second-order valence-corrected chi connectivity index (χ2v) is 12.4. The van der Waals surface area contributed by atoms with E-state index in [1.54, 1.807) is 11.0 Å². The van der Waals surface area contributed by atoms with Crippen LogP contribution in [0.5, 0.6) is 0 Å². The van der Waals surface area contributed by atoms with Crippen molar-refractivity contribution in [2.24, 2.45) is 0 Å². The van der Waals surface area contributed by atoms with Gasteiger partial charge in [-0.2, -0.15) is 0 Å². The highest BCUT2D eigenvalue weighted by atomic mass is 35.5. The van der Waals surface area contributed by atoms with Gasteiger partial charge in [0.05, 0.1) is 17.0 Å². The van der Waals surface area contributed by atoms with Crippen LogP contribution in [-0.2, 0) is 32.6 Å². The van der Waals surface area contributed by atoms with Gasteiger partial charge in [-0.05, 0) is 49.6 Å². The van der Waals surface area contributed by atoms with Crippen LogP contribution in [0.4, 0.5) is 5.69 Å². The van der Waals surface area contributed by atoms with Crippen molar-refractivity contribution in [3.05, 3.63) is 99.5 Å². The lowest BCUT2D eigenvalue weighted by Gasteiger charge is -2.32. The number of hydrogen-bond acceptors (Lipinski definition) is 4. The summed E-state index contributed by atoms with van der Waals surface area (Å²) in [6.45, 7) is 4.52. The zero-order valence-corrected chi connectivity index (χ0v) is 25.3. The summed E-state index contributed by atoms with van der Waals surface area (Å²) in [7, 11) is -3.70. The van der Waals surface area contributed by atoms with Crippen molar-refractivity contribution < 1.29 is 18.0 Å². The molecular weight excluding hydrogens is 569 g/mol. The number of nitrogens with one attached hydrogen (secondary N) is 1. The minimum atomic E-state index is -3.70. The number of benzene rings is 3. The van der Waals surface area contributed by atoms with Gasteiger partial charge in [-0.25, -0.2) is 8.42 Å². The van der Waals surface area contributed by atoms with Gasteiger partial charge in [0.15, 0.2) is 0 Å². The number of likely N-dealkylation sites (N-methyl/N-ethyl adjacent to an activating group) is 1. The molecule has 0 heterocycles. The van der Waals surface area contributed by atoms with Crippen molar-refractivity contribution >= 4 is 50.7 Å². The Kier molecular flexibility index (Phi) is 11.4. The monoisotopic (exact) mass is 603 g/mol. The Hall–Kier alpha value is -3.07. The molecule has 3 aromatic rings. The van der Waals surface area contributed by atoms with E-state index in [1.807, 2.05) is 68.4 Å². The summed E-state index contributed by atoms with van der Waals surface area (Å²) in [5.74, 6) is -0.492. The van der Waals surface area contributed by atoms with Crippen molar-refractivity contribution in [3.63, 3.8) is 0 Å². The Morgan fingerprint density at radius 2 is 1.62 bits per heavy atom. The van der Waals surface area contributed by atoms with Gasteiger partial charge < -0.3 is 10.2 Å². The van der Waals surface area contributed by atoms with E-state index in [2.05, 4.69) is 5.32 Å². The molecule has 7 nitrogen and oxygen atoms in total. The molecule has 2 amide bonds. The van der Waals surface area contributed by atoms with Crippen molar-refractivity contribution in [3.8, 4) is 0 Å². The van der Waals surface area contributed by atoms with Crippen LogP contribution < -0.4 is 9.62 Å². The summed E-state index contributed by atoms with van der Waals surface area (Å²) < 4.78 is 26.4. The minimum absolute atomic E-state index is 0.0213. The minimum Gasteiger partial charge on any atom is -0.355 e. The Morgan fingerprint density at radius 3 is 2.25 bits per heavy atom. The molecular formula is C30H35Cl2N3O4S. The fourth-order valence-corrected chi connectivity index (χ4v) is 5.80. The summed E-state index contributed by atoms with van der Waals surface area (Å²) in [5, 5.41) is 3.46. The maximum atomic E-state index is 13.8. The molecule has 1 unspecified atom stereocenters. The number of rotatable bonds is 13. The lowest BCUT2D eigenvalue weighted by Crippen LogP contribution is -2.50. The Balaban J connectivity index is 1.87. The molecule has 214 valence electrons. The summed E-state index contributed by atoms with van der Waals surface area (Å²) in [5.41, 5.74) is 3.17. The largest absolute Gasteiger partial charge is 0.355 e. The fraction of sp³-hybridized carbons (Fsp3) is 0.333. The van der Waals surface area contributed by atoms with Crippen LogP contribution in [0.25, 0.3) is 0 Å². The van der Waals surface area contributed by atoms with E-state index in [-0.39, 0.29) is 48.5 Å². The molecule has 0 aliphatic rings. The maximum absolute atomic E-state index is 13.8. The number of nitrogens with zero attached hydrogens (tertiary/aromatic N) is 2. The zero-order chi connectivity index (χ0) is 29.3. The molecule has 3 aromatic carbocycles. The van der Waals surface area contributed by atoms with Gasteiger partial charge in [0.25, 0.3) is 0 Å². The molecule has 1 N–H and O–H groups in total. The Labute approximate surface area is 247 Å². The number of amides is 2. The highest BCUT2D eigenvalue weighted by Gasteiger charge is 2.30. The van der Waals surface area contributed by atoms with Crippen molar-refractivity contribution in [1.29, 1.82) is 0 Å². The summed E-state index contributed by atoms with van der Waals surface area (Å²) in [6, 6.07) is 21.2. The predicted octanol–water partition coefficient (Wildman–Crippen LogP) is 5.62. The van der Waals surface area contributed by atoms with Gasteiger partial charge in [0.1, 0.15) is 6.04 Å². The van der Waals surface area contributed by atoms with E-state index in [0.29, 0.717) is 18.0 Å². The molecule has 0 saturated carbocycles. The molecule has 0 radical (unpaired) electrons. The second-order valence-electron chi connectivity index (χ2n) is 9.64. The van der Waals surface area contributed by atoms with Crippen LogP contribution >= 0.6 is 23.2 Å². The van der Waals surface area contributed by atoms with Gasteiger partial charge in [0.2, 0.25) is 21.8 Å². The van der Waals surface area contributed by atoms with Crippen molar-refractivity contribution in [2.45, 2.75) is 45.7 Å². The molecule has 0 fully saturated rings. The number of carbonyl (C=O) groups is 2. The normalized spacial score (nSPS) is 12.0. The predicted molar refractivity (Wildman–Crippen MR) is 162 cm³/mol.